The van der Waals surface area contributed by atoms with Gasteiger partial charge in [-0.15, -0.1) is 10.2 Å². The lowest BCUT2D eigenvalue weighted by Crippen LogP contribution is -2.51. The van der Waals surface area contributed by atoms with Crippen molar-refractivity contribution in [2.45, 2.75) is 75.4 Å². The van der Waals surface area contributed by atoms with E-state index in [9.17, 15) is 9.18 Å². The van der Waals surface area contributed by atoms with E-state index in [4.69, 9.17) is 9.47 Å². The molecule has 6 nitrogen and oxygen atoms in total. The van der Waals surface area contributed by atoms with Crippen LogP contribution in [-0.4, -0.2) is 39.5 Å². The molecule has 4 fully saturated rings. The number of carbonyl (C=O) groups is 1. The zero-order chi connectivity index (χ0) is 23.9. The van der Waals surface area contributed by atoms with Crippen molar-refractivity contribution in [1.82, 2.24) is 14.8 Å². The SMILES string of the molecule is COC[C@H](C)n1c(COc2ccccc2F)nnc1S[C@H](C)C(=O)C12CC3CC(CC(C3)C1)C2. The number of para-hydroxylation sites is 1. The third kappa shape index (κ3) is 4.51. The molecule has 2 atom stereocenters. The number of Topliss-reactive ketones (excluding diaryl/α,β-unsaturated/α-hetero) is 1. The Hall–Kier alpha value is -1.93. The van der Waals surface area contributed by atoms with Crippen molar-refractivity contribution < 1.29 is 18.7 Å². The summed E-state index contributed by atoms with van der Waals surface area (Å²) in [6, 6.07) is 6.27. The number of rotatable bonds is 10. The van der Waals surface area contributed by atoms with Gasteiger partial charge in [-0.25, -0.2) is 4.39 Å². The molecule has 184 valence electrons. The average Bonchev–Trinajstić information content (AvgIpc) is 3.19. The second kappa shape index (κ2) is 9.61. The Morgan fingerprint density at radius 3 is 2.41 bits per heavy atom. The van der Waals surface area contributed by atoms with E-state index in [1.54, 1.807) is 25.3 Å². The first-order valence-electron chi connectivity index (χ1n) is 12.4. The molecule has 0 radical (unpaired) electrons. The van der Waals surface area contributed by atoms with Crippen LogP contribution in [0, 0.1) is 29.0 Å². The summed E-state index contributed by atoms with van der Waals surface area (Å²) in [6.07, 6.45) is 7.17. The molecule has 1 heterocycles. The van der Waals surface area contributed by atoms with Crippen molar-refractivity contribution in [1.29, 1.82) is 0 Å². The van der Waals surface area contributed by atoms with Crippen LogP contribution in [0.3, 0.4) is 0 Å². The van der Waals surface area contributed by atoms with Gasteiger partial charge in [0.05, 0.1) is 17.9 Å². The molecule has 0 amide bonds. The first kappa shape index (κ1) is 23.8. The van der Waals surface area contributed by atoms with Crippen LogP contribution in [0.15, 0.2) is 29.4 Å². The quantitative estimate of drug-likeness (QED) is 0.414. The van der Waals surface area contributed by atoms with Crippen molar-refractivity contribution >= 4 is 17.5 Å². The molecule has 4 saturated carbocycles. The molecule has 0 spiro atoms. The molecular formula is C26H34FN3O3S. The largest absolute Gasteiger partial charge is 0.483 e. The number of thioether (sulfide) groups is 1. The second-order valence-electron chi connectivity index (χ2n) is 10.6. The summed E-state index contributed by atoms with van der Waals surface area (Å²) in [5.41, 5.74) is -0.138. The molecule has 4 bridgehead atoms. The Kier molecular flexibility index (Phi) is 6.73. The van der Waals surface area contributed by atoms with Gasteiger partial charge in [0.15, 0.2) is 28.3 Å². The molecule has 4 aliphatic rings. The number of carbonyl (C=O) groups excluding carboxylic acids is 1. The Balaban J connectivity index is 1.33. The predicted octanol–water partition coefficient (Wildman–Crippen LogP) is 5.47. The van der Waals surface area contributed by atoms with Gasteiger partial charge >= 0.3 is 0 Å². The van der Waals surface area contributed by atoms with E-state index in [1.165, 1.54) is 37.1 Å². The fourth-order valence-electron chi connectivity index (χ4n) is 7.00. The highest BCUT2D eigenvalue weighted by Crippen LogP contribution is 2.61. The van der Waals surface area contributed by atoms with Crippen LogP contribution >= 0.6 is 11.8 Å². The number of benzene rings is 1. The van der Waals surface area contributed by atoms with Crippen molar-refractivity contribution in [3.05, 3.63) is 35.9 Å². The zero-order valence-corrected chi connectivity index (χ0v) is 21.0. The van der Waals surface area contributed by atoms with Gasteiger partial charge in [-0.1, -0.05) is 23.9 Å². The molecule has 6 rings (SSSR count). The van der Waals surface area contributed by atoms with Gasteiger partial charge in [-0.2, -0.15) is 0 Å². The molecule has 2 aromatic rings. The predicted molar refractivity (Wildman–Crippen MR) is 128 cm³/mol. The molecule has 34 heavy (non-hydrogen) atoms. The molecule has 0 saturated heterocycles. The topological polar surface area (TPSA) is 66.2 Å². The summed E-state index contributed by atoms with van der Waals surface area (Å²) in [4.78, 5) is 13.8. The molecular weight excluding hydrogens is 453 g/mol. The Bertz CT molecular complexity index is 1010. The standard InChI is InChI=1S/C26H34FN3O3S/c1-16(14-32-3)30-23(15-33-22-7-5-4-6-21(22)27)28-29-25(30)34-17(2)24(31)26-11-18-8-19(12-26)10-20(9-18)13-26/h4-7,16-20H,8-15H2,1-3H3/t16-,17+,18?,19?,20?,26?/m0/s1. The first-order chi connectivity index (χ1) is 16.4. The highest BCUT2D eigenvalue weighted by Gasteiger charge is 2.55. The third-order valence-corrected chi connectivity index (χ3v) is 9.05. The molecule has 1 aromatic heterocycles. The third-order valence-electron chi connectivity index (χ3n) is 7.99. The van der Waals surface area contributed by atoms with Crippen LogP contribution in [0.2, 0.25) is 0 Å². The summed E-state index contributed by atoms with van der Waals surface area (Å²) in [7, 11) is 1.66. The smallest absolute Gasteiger partial charge is 0.192 e. The highest BCUT2D eigenvalue weighted by molar-refractivity contribution is 8.00. The molecule has 4 aliphatic carbocycles. The Labute approximate surface area is 205 Å². The minimum Gasteiger partial charge on any atom is -0.483 e. The molecule has 0 aliphatic heterocycles. The number of methoxy groups -OCH3 is 1. The minimum atomic E-state index is -0.414. The minimum absolute atomic E-state index is 0.0522. The van der Waals surface area contributed by atoms with Crippen LogP contribution in [0.25, 0.3) is 0 Å². The number of aromatic nitrogens is 3. The van der Waals surface area contributed by atoms with E-state index in [0.29, 0.717) is 23.4 Å². The van der Waals surface area contributed by atoms with Gasteiger partial charge in [-0.3, -0.25) is 9.36 Å². The summed E-state index contributed by atoms with van der Waals surface area (Å²) in [5, 5.41) is 9.25. The van der Waals surface area contributed by atoms with Crippen LogP contribution in [-0.2, 0) is 16.1 Å². The van der Waals surface area contributed by atoms with E-state index >= 15 is 0 Å². The van der Waals surface area contributed by atoms with E-state index in [1.807, 2.05) is 18.4 Å². The lowest BCUT2D eigenvalue weighted by atomic mass is 9.48. The molecule has 0 N–H and O–H groups in total. The lowest BCUT2D eigenvalue weighted by Gasteiger charge is -2.56. The lowest BCUT2D eigenvalue weighted by molar-refractivity contribution is -0.143. The first-order valence-corrected chi connectivity index (χ1v) is 13.3. The summed E-state index contributed by atoms with van der Waals surface area (Å²) in [6.45, 7) is 4.59. The van der Waals surface area contributed by atoms with Gasteiger partial charge in [0.25, 0.3) is 0 Å². The molecule has 8 heteroatoms. The number of hydrogen-bond donors (Lipinski definition) is 0. The van der Waals surface area contributed by atoms with Crippen molar-refractivity contribution in [3.8, 4) is 5.75 Å². The van der Waals surface area contributed by atoms with Crippen molar-refractivity contribution in [2.75, 3.05) is 13.7 Å². The van der Waals surface area contributed by atoms with Crippen molar-refractivity contribution in [3.63, 3.8) is 0 Å². The maximum Gasteiger partial charge on any atom is 0.192 e. The van der Waals surface area contributed by atoms with Gasteiger partial charge in [0, 0.05) is 12.5 Å². The Morgan fingerprint density at radius 2 is 1.79 bits per heavy atom. The van der Waals surface area contributed by atoms with Gasteiger partial charge in [0.1, 0.15) is 6.61 Å². The van der Waals surface area contributed by atoms with Crippen LogP contribution in [0.5, 0.6) is 5.75 Å². The maximum atomic E-state index is 14.0. The number of hydrogen-bond acceptors (Lipinski definition) is 6. The van der Waals surface area contributed by atoms with Crippen molar-refractivity contribution in [2.24, 2.45) is 23.2 Å². The van der Waals surface area contributed by atoms with Gasteiger partial charge in [-0.05, 0) is 82.3 Å². The van der Waals surface area contributed by atoms with E-state index < -0.39 is 5.82 Å². The van der Waals surface area contributed by atoms with Crippen LogP contribution in [0.4, 0.5) is 4.39 Å². The van der Waals surface area contributed by atoms with Crippen LogP contribution in [0.1, 0.15) is 64.2 Å². The highest BCUT2D eigenvalue weighted by atomic mass is 32.2. The van der Waals surface area contributed by atoms with Gasteiger partial charge in [0.2, 0.25) is 0 Å². The molecule has 0 unspecified atom stereocenters. The monoisotopic (exact) mass is 487 g/mol. The normalized spacial score (nSPS) is 29.2. The fourth-order valence-corrected chi connectivity index (χ4v) is 8.16. The Morgan fingerprint density at radius 1 is 1.15 bits per heavy atom. The number of nitrogens with zero attached hydrogens (tertiary/aromatic N) is 3. The van der Waals surface area contributed by atoms with E-state index in [2.05, 4.69) is 10.2 Å². The molecule has 1 aromatic carbocycles. The fraction of sp³-hybridized carbons (Fsp3) is 0.654. The zero-order valence-electron chi connectivity index (χ0n) is 20.2. The maximum absolute atomic E-state index is 14.0. The van der Waals surface area contributed by atoms with E-state index in [0.717, 1.165) is 37.0 Å². The summed E-state index contributed by atoms with van der Waals surface area (Å²) in [5.74, 6) is 2.94. The number of ketones is 1. The van der Waals surface area contributed by atoms with Crippen LogP contribution < -0.4 is 4.74 Å². The average molecular weight is 488 g/mol. The summed E-state index contributed by atoms with van der Waals surface area (Å²) >= 11 is 1.48. The number of halogens is 1. The number of ether oxygens (including phenoxy) is 2. The second-order valence-corrected chi connectivity index (χ2v) is 11.9. The van der Waals surface area contributed by atoms with E-state index in [-0.39, 0.29) is 29.1 Å². The van der Waals surface area contributed by atoms with Gasteiger partial charge < -0.3 is 9.47 Å². The summed E-state index contributed by atoms with van der Waals surface area (Å²) < 4.78 is 27.1.